The average Bonchev–Trinajstić information content (AvgIpc) is 3.12. The third-order valence-electron chi connectivity index (χ3n) is 9.56. The summed E-state index contributed by atoms with van der Waals surface area (Å²) >= 11 is 0. The van der Waals surface area contributed by atoms with E-state index < -0.39 is 159 Å². The number of hydrogen-bond donors (Lipinski definition) is 11. The standard InChI is InChI=1S/C31H50N2O22/c1-8(36)21-24(47-4)17(41)19(43)30(51-21)53-23-14(33-10(3)38)29(50-12(7-35)16(23)40)54-25-18(42)20(44)31(55-26(25)27(45)46)52-22-13(32-9(2)37)28(48-5)49-11(6-34)15(22)39/h11-26,28-31,34-35,39-44H,6-7H2,1-5H3,(H,32,37)(H,33,38)(H,45,46)/t11?,12?,13?,14?,15-,16-,17-,18-,19+,20?,21?,22-,23-,24+,25+,26?,28-,29+,30?,31-/m1/s1. The van der Waals surface area contributed by atoms with E-state index in [9.17, 15) is 65.1 Å². The number of amides is 2. The lowest BCUT2D eigenvalue weighted by molar-refractivity contribution is -0.369. The maximum atomic E-state index is 12.6. The molecule has 55 heavy (non-hydrogen) atoms. The number of ketones is 1. The summed E-state index contributed by atoms with van der Waals surface area (Å²) in [6, 6.07) is -3.01. The van der Waals surface area contributed by atoms with Gasteiger partial charge in [-0.05, 0) is 6.92 Å². The zero-order chi connectivity index (χ0) is 41.0. The number of Topliss-reactive ketones (excluding diaryl/α,β-unsaturated/α-hetero) is 1. The van der Waals surface area contributed by atoms with Gasteiger partial charge in [-0.3, -0.25) is 14.4 Å². The van der Waals surface area contributed by atoms with Crippen molar-refractivity contribution < 1.29 is 108 Å². The Morgan fingerprint density at radius 2 is 0.945 bits per heavy atom. The fourth-order valence-electron chi connectivity index (χ4n) is 6.86. The predicted molar refractivity (Wildman–Crippen MR) is 171 cm³/mol. The van der Waals surface area contributed by atoms with Crippen molar-refractivity contribution in [2.75, 3.05) is 27.4 Å². The fraction of sp³-hybridized carbons (Fsp3) is 0.871. The van der Waals surface area contributed by atoms with Gasteiger partial charge in [-0.1, -0.05) is 0 Å². The number of methoxy groups -OCH3 is 2. The van der Waals surface area contributed by atoms with Crippen molar-refractivity contribution in [1.82, 2.24) is 10.6 Å². The number of nitrogens with one attached hydrogen (secondary N) is 2. The number of carbonyl (C=O) groups excluding carboxylic acids is 3. The van der Waals surface area contributed by atoms with Gasteiger partial charge in [0, 0.05) is 28.1 Å². The van der Waals surface area contributed by atoms with Gasteiger partial charge < -0.3 is 99.2 Å². The molecule has 2 amide bonds. The van der Waals surface area contributed by atoms with E-state index in [1.54, 1.807) is 0 Å². The molecule has 0 bridgehead atoms. The lowest BCUT2D eigenvalue weighted by atomic mass is 9.93. The number of carbonyl (C=O) groups is 4. The highest BCUT2D eigenvalue weighted by Gasteiger charge is 2.57. The van der Waals surface area contributed by atoms with Gasteiger partial charge in [-0.15, -0.1) is 0 Å². The minimum absolute atomic E-state index is 0.637. The van der Waals surface area contributed by atoms with Crippen molar-refractivity contribution in [1.29, 1.82) is 0 Å². The number of aliphatic hydroxyl groups excluding tert-OH is 8. The zero-order valence-electron chi connectivity index (χ0n) is 30.3. The van der Waals surface area contributed by atoms with E-state index in [1.807, 2.05) is 0 Å². The van der Waals surface area contributed by atoms with E-state index in [2.05, 4.69) is 10.6 Å². The Bertz CT molecular complexity index is 1330. The number of rotatable bonds is 14. The van der Waals surface area contributed by atoms with Crippen LogP contribution >= 0.6 is 0 Å². The molecular formula is C31H50N2O22. The van der Waals surface area contributed by atoms with Crippen molar-refractivity contribution in [3.8, 4) is 0 Å². The first-order chi connectivity index (χ1) is 25.9. The summed E-state index contributed by atoms with van der Waals surface area (Å²) < 4.78 is 50.0. The van der Waals surface area contributed by atoms with Crippen molar-refractivity contribution in [2.24, 2.45) is 0 Å². The van der Waals surface area contributed by atoms with E-state index in [0.29, 0.717) is 0 Å². The molecule has 316 valence electrons. The van der Waals surface area contributed by atoms with Gasteiger partial charge in [-0.2, -0.15) is 0 Å². The van der Waals surface area contributed by atoms with Crippen molar-refractivity contribution in [3.05, 3.63) is 0 Å². The van der Waals surface area contributed by atoms with Gasteiger partial charge in [0.15, 0.2) is 37.0 Å². The molecule has 4 rings (SSSR count). The number of carboxylic acid groups (broad SMARTS) is 1. The Morgan fingerprint density at radius 3 is 1.35 bits per heavy atom. The Morgan fingerprint density at radius 1 is 0.527 bits per heavy atom. The van der Waals surface area contributed by atoms with Crippen LogP contribution in [0.5, 0.6) is 0 Å². The van der Waals surface area contributed by atoms with Crippen LogP contribution in [0.3, 0.4) is 0 Å². The van der Waals surface area contributed by atoms with Gasteiger partial charge in [0.05, 0.1) is 13.2 Å². The van der Waals surface area contributed by atoms with Crippen LogP contribution in [0.1, 0.15) is 20.8 Å². The van der Waals surface area contributed by atoms with Crippen LogP contribution in [0.15, 0.2) is 0 Å². The van der Waals surface area contributed by atoms with Crippen LogP contribution in [-0.4, -0.2) is 220 Å². The zero-order valence-corrected chi connectivity index (χ0v) is 30.3. The minimum Gasteiger partial charge on any atom is -0.479 e. The molecule has 4 heterocycles. The summed E-state index contributed by atoms with van der Waals surface area (Å²) in [6.07, 6.45) is -32.4. The molecule has 4 aliphatic rings. The maximum Gasteiger partial charge on any atom is 0.335 e. The lowest BCUT2D eigenvalue weighted by Gasteiger charge is -2.50. The lowest BCUT2D eigenvalue weighted by Crippen LogP contribution is -2.70. The molecule has 4 aliphatic heterocycles. The number of ether oxygens (including phenoxy) is 9. The highest BCUT2D eigenvalue weighted by Crippen LogP contribution is 2.35. The smallest absolute Gasteiger partial charge is 0.335 e. The SMILES string of the molecule is CO[C@@H]1OC(CO)[C@@H](O)[C@H](O[C@@H]2OC(C(=O)O)[C@@H](O[C@@H]3OC(CO)[C@@H](O)[C@H](OC4OC(C(C)=O)[C@@H](OC)[C@H](O)[C@@H]4O)C3NC(C)=O)[C@H](O)C2O)C1NC(C)=O. The van der Waals surface area contributed by atoms with Crippen LogP contribution < -0.4 is 10.6 Å². The molecule has 0 saturated carbocycles. The summed E-state index contributed by atoms with van der Waals surface area (Å²) in [5, 5.41) is 101. The number of carboxylic acids is 1. The first-order valence-corrected chi connectivity index (χ1v) is 17.1. The summed E-state index contributed by atoms with van der Waals surface area (Å²) in [5.41, 5.74) is 0. The molecule has 24 heteroatoms. The average molecular weight is 803 g/mol. The van der Waals surface area contributed by atoms with Crippen LogP contribution in [0.4, 0.5) is 0 Å². The summed E-state index contributed by atoms with van der Waals surface area (Å²) in [7, 11) is 2.34. The Hall–Kier alpha value is -2.60. The third-order valence-corrected chi connectivity index (χ3v) is 9.56. The van der Waals surface area contributed by atoms with E-state index in [0.717, 1.165) is 27.9 Å². The largest absolute Gasteiger partial charge is 0.479 e. The molecule has 8 unspecified atom stereocenters. The van der Waals surface area contributed by atoms with Crippen LogP contribution in [0, 0.1) is 0 Å². The number of aliphatic hydroxyl groups is 8. The fourth-order valence-corrected chi connectivity index (χ4v) is 6.86. The summed E-state index contributed by atoms with van der Waals surface area (Å²) in [5.74, 6) is -3.89. The molecule has 0 radical (unpaired) electrons. The quantitative estimate of drug-likeness (QED) is 0.0777. The molecule has 4 fully saturated rings. The maximum absolute atomic E-state index is 12.6. The molecular weight excluding hydrogens is 752 g/mol. The van der Waals surface area contributed by atoms with E-state index in [-0.39, 0.29) is 0 Å². The van der Waals surface area contributed by atoms with Crippen LogP contribution in [0.25, 0.3) is 0 Å². The molecule has 4 saturated heterocycles. The third kappa shape index (κ3) is 9.75. The van der Waals surface area contributed by atoms with Crippen molar-refractivity contribution >= 4 is 23.6 Å². The monoisotopic (exact) mass is 802 g/mol. The van der Waals surface area contributed by atoms with E-state index in [4.69, 9.17) is 42.6 Å². The van der Waals surface area contributed by atoms with Gasteiger partial charge >= 0.3 is 5.97 Å². The Kier molecular flexibility index (Phi) is 15.8. The molecule has 0 aromatic heterocycles. The summed E-state index contributed by atoms with van der Waals surface area (Å²) in [4.78, 5) is 49.3. The van der Waals surface area contributed by atoms with E-state index in [1.165, 1.54) is 7.11 Å². The van der Waals surface area contributed by atoms with E-state index >= 15 is 0 Å². The molecule has 24 nitrogen and oxygen atoms in total. The van der Waals surface area contributed by atoms with Crippen LogP contribution in [-0.2, 0) is 61.8 Å². The molecule has 20 atom stereocenters. The van der Waals surface area contributed by atoms with Crippen molar-refractivity contribution in [3.63, 3.8) is 0 Å². The first kappa shape index (κ1) is 45.1. The predicted octanol–water partition coefficient (Wildman–Crippen LogP) is -7.46. The molecule has 0 aromatic carbocycles. The van der Waals surface area contributed by atoms with Gasteiger partial charge in [0.1, 0.15) is 91.4 Å². The second kappa shape index (κ2) is 19.2. The Balaban J connectivity index is 1.63. The van der Waals surface area contributed by atoms with Crippen molar-refractivity contribution in [2.45, 2.75) is 143 Å². The first-order valence-electron chi connectivity index (χ1n) is 17.1. The second-order valence-corrected chi connectivity index (χ2v) is 13.4. The van der Waals surface area contributed by atoms with Gasteiger partial charge in [0.25, 0.3) is 0 Å². The summed E-state index contributed by atoms with van der Waals surface area (Å²) in [6.45, 7) is 1.56. The topological polar surface area (TPSA) is 357 Å². The highest BCUT2D eigenvalue weighted by molar-refractivity contribution is 5.81. The molecule has 0 aliphatic carbocycles. The van der Waals surface area contributed by atoms with Crippen LogP contribution in [0.2, 0.25) is 0 Å². The number of aliphatic carboxylic acids is 1. The number of hydrogen-bond acceptors (Lipinski definition) is 21. The normalized spacial score (nSPS) is 45.0. The Labute approximate surface area is 313 Å². The molecule has 0 spiro atoms. The van der Waals surface area contributed by atoms with Gasteiger partial charge in [-0.25, -0.2) is 4.79 Å². The van der Waals surface area contributed by atoms with Gasteiger partial charge in [0.2, 0.25) is 11.8 Å². The second-order valence-electron chi connectivity index (χ2n) is 13.4. The minimum atomic E-state index is -2.23. The molecule has 11 N–H and O–H groups in total. The molecule has 0 aromatic rings. The highest BCUT2D eigenvalue weighted by atomic mass is 16.8.